The molecule has 1 aromatic rings. The number of ketones is 1. The van der Waals surface area contributed by atoms with Crippen LogP contribution >= 0.6 is 15.9 Å². The Bertz CT molecular complexity index is 468. The fourth-order valence-corrected chi connectivity index (χ4v) is 2.30. The van der Waals surface area contributed by atoms with E-state index in [0.29, 0.717) is 18.2 Å². The summed E-state index contributed by atoms with van der Waals surface area (Å²) in [6.45, 7) is 3.83. The van der Waals surface area contributed by atoms with Crippen LogP contribution in [0.1, 0.15) is 23.7 Å². The Kier molecular flexibility index (Phi) is 5.31. The highest BCUT2D eigenvalue weighted by atomic mass is 79.9. The fourth-order valence-electron chi connectivity index (χ4n) is 2.03. The van der Waals surface area contributed by atoms with E-state index >= 15 is 0 Å². The molecule has 0 unspecified atom stereocenters. The zero-order valence-corrected chi connectivity index (χ0v) is 12.6. The van der Waals surface area contributed by atoms with Crippen LogP contribution in [-0.4, -0.2) is 31.6 Å². The van der Waals surface area contributed by atoms with Gasteiger partial charge < -0.3 is 10.1 Å². The Labute approximate surface area is 122 Å². The molecule has 19 heavy (non-hydrogen) atoms. The lowest BCUT2D eigenvalue weighted by Gasteiger charge is -2.09. The van der Waals surface area contributed by atoms with E-state index in [9.17, 15) is 4.79 Å². The van der Waals surface area contributed by atoms with Crippen molar-refractivity contribution in [1.29, 1.82) is 0 Å². The number of hydrogen-bond acceptors (Lipinski definition) is 3. The summed E-state index contributed by atoms with van der Waals surface area (Å²) in [4.78, 5) is 11.8. The zero-order valence-electron chi connectivity index (χ0n) is 11.0. The summed E-state index contributed by atoms with van der Waals surface area (Å²) in [6, 6.07) is 7.73. The Morgan fingerprint density at radius 1 is 1.42 bits per heavy atom. The van der Waals surface area contributed by atoms with Gasteiger partial charge in [-0.25, -0.2) is 0 Å². The number of ether oxygens (including phenoxy) is 1. The Hall–Kier alpha value is -0.970. The quantitative estimate of drug-likeness (QED) is 0.497. The first kappa shape index (κ1) is 14.4. The van der Waals surface area contributed by atoms with Crippen LogP contribution in [0.2, 0.25) is 0 Å². The Balaban J connectivity index is 1.68. The van der Waals surface area contributed by atoms with Crippen molar-refractivity contribution >= 4 is 21.7 Å². The third kappa shape index (κ3) is 4.56. The summed E-state index contributed by atoms with van der Waals surface area (Å²) in [5.74, 6) is 0.0265. The molecule has 1 heterocycles. The molecule has 0 saturated carbocycles. The van der Waals surface area contributed by atoms with Gasteiger partial charge in [0.1, 0.15) is 6.61 Å². The molecule has 0 spiro atoms. The van der Waals surface area contributed by atoms with Crippen molar-refractivity contribution < 1.29 is 9.53 Å². The van der Waals surface area contributed by atoms with Gasteiger partial charge in [0.05, 0.1) is 0 Å². The number of carbonyl (C=O) groups is 1. The van der Waals surface area contributed by atoms with Crippen molar-refractivity contribution in [2.45, 2.75) is 19.4 Å². The molecule has 3 nitrogen and oxygen atoms in total. The minimum absolute atomic E-state index is 0.0265. The molecule has 1 atom stereocenters. The largest absolute Gasteiger partial charge is 0.373 e. The average Bonchev–Trinajstić information content (AvgIpc) is 2.81. The molecule has 0 aromatic heterocycles. The lowest BCUT2D eigenvalue weighted by Crippen LogP contribution is -2.24. The van der Waals surface area contributed by atoms with Crippen molar-refractivity contribution in [3.63, 3.8) is 0 Å². The number of rotatable bonds is 6. The maximum atomic E-state index is 11.8. The predicted octanol–water partition coefficient (Wildman–Crippen LogP) is 2.96. The molecular formula is C15H18BrNO2. The molecule has 2 rings (SSSR count). The molecule has 4 heteroatoms. The van der Waals surface area contributed by atoms with Gasteiger partial charge >= 0.3 is 0 Å². The van der Waals surface area contributed by atoms with E-state index in [2.05, 4.69) is 34.2 Å². The molecular weight excluding hydrogens is 306 g/mol. The minimum Gasteiger partial charge on any atom is -0.373 e. The molecule has 0 saturated heterocycles. The first-order chi connectivity index (χ1) is 9.15. The van der Waals surface area contributed by atoms with Gasteiger partial charge in [-0.15, -0.1) is 0 Å². The second-order valence-corrected chi connectivity index (χ2v) is 5.69. The van der Waals surface area contributed by atoms with Gasteiger partial charge in [-0.3, -0.25) is 4.79 Å². The van der Waals surface area contributed by atoms with E-state index in [1.54, 1.807) is 12.1 Å². The molecule has 1 N–H and O–H groups in total. The van der Waals surface area contributed by atoms with E-state index in [1.807, 2.05) is 12.1 Å². The number of halogens is 1. The fraction of sp³-hybridized carbons (Fsp3) is 0.400. The number of nitrogens with one attached hydrogen (secondary N) is 1. The van der Waals surface area contributed by atoms with Gasteiger partial charge in [0.2, 0.25) is 0 Å². The summed E-state index contributed by atoms with van der Waals surface area (Å²) in [6.07, 6.45) is 3.13. The van der Waals surface area contributed by atoms with E-state index in [0.717, 1.165) is 17.4 Å². The highest BCUT2D eigenvalue weighted by molar-refractivity contribution is 9.10. The van der Waals surface area contributed by atoms with Crippen molar-refractivity contribution in [2.24, 2.45) is 0 Å². The first-order valence-electron chi connectivity index (χ1n) is 6.42. The second kappa shape index (κ2) is 6.98. The predicted molar refractivity (Wildman–Crippen MR) is 79.5 cm³/mol. The van der Waals surface area contributed by atoms with Crippen molar-refractivity contribution in [1.82, 2.24) is 5.32 Å². The third-order valence-corrected chi connectivity index (χ3v) is 3.63. The molecule has 0 radical (unpaired) electrons. The summed E-state index contributed by atoms with van der Waals surface area (Å²) in [5, 5.41) is 3.37. The minimum atomic E-state index is 0.0265. The second-order valence-electron chi connectivity index (χ2n) is 4.77. The van der Waals surface area contributed by atoms with Crippen LogP contribution < -0.4 is 5.32 Å². The van der Waals surface area contributed by atoms with Crippen molar-refractivity contribution in [3.8, 4) is 0 Å². The van der Waals surface area contributed by atoms with Gasteiger partial charge in [-0.1, -0.05) is 39.7 Å². The average molecular weight is 324 g/mol. The third-order valence-electron chi connectivity index (χ3n) is 3.10. The van der Waals surface area contributed by atoms with Gasteiger partial charge in [-0.2, -0.15) is 0 Å². The zero-order chi connectivity index (χ0) is 13.7. The molecule has 1 aliphatic rings. The molecule has 0 fully saturated rings. The van der Waals surface area contributed by atoms with Gasteiger partial charge in [-0.05, 0) is 25.5 Å². The van der Waals surface area contributed by atoms with E-state index in [1.165, 1.54) is 5.57 Å². The van der Waals surface area contributed by atoms with Crippen LogP contribution in [0.4, 0.5) is 0 Å². The standard InChI is InChI=1S/C15H18BrNO2/c1-11-8-14(17-9-11)6-7-19-10-15(18)12-2-4-13(16)5-3-12/h2-5,8,14,17H,6-7,9-10H2,1H3/t14-/m1/s1. The topological polar surface area (TPSA) is 38.3 Å². The maximum Gasteiger partial charge on any atom is 0.188 e. The van der Waals surface area contributed by atoms with Crippen LogP contribution in [0.5, 0.6) is 0 Å². The van der Waals surface area contributed by atoms with Crippen LogP contribution in [0, 0.1) is 0 Å². The highest BCUT2D eigenvalue weighted by Gasteiger charge is 2.12. The van der Waals surface area contributed by atoms with Gasteiger partial charge in [0, 0.05) is 29.2 Å². The molecule has 102 valence electrons. The number of benzene rings is 1. The van der Waals surface area contributed by atoms with E-state index in [-0.39, 0.29) is 12.4 Å². The van der Waals surface area contributed by atoms with Crippen LogP contribution in [0.15, 0.2) is 40.4 Å². The molecule has 0 bridgehead atoms. The smallest absolute Gasteiger partial charge is 0.188 e. The first-order valence-corrected chi connectivity index (χ1v) is 7.21. The van der Waals surface area contributed by atoms with Crippen LogP contribution in [0.25, 0.3) is 0 Å². The number of hydrogen-bond donors (Lipinski definition) is 1. The van der Waals surface area contributed by atoms with Gasteiger partial charge in [0.15, 0.2) is 5.78 Å². The van der Waals surface area contributed by atoms with E-state index in [4.69, 9.17) is 4.74 Å². The Morgan fingerprint density at radius 2 is 2.16 bits per heavy atom. The summed E-state index contributed by atoms with van der Waals surface area (Å²) >= 11 is 3.35. The SMILES string of the molecule is CC1=C[C@@H](CCOCC(=O)c2ccc(Br)cc2)NC1. The molecule has 1 aromatic carbocycles. The normalized spacial score (nSPS) is 18.4. The maximum absolute atomic E-state index is 11.8. The highest BCUT2D eigenvalue weighted by Crippen LogP contribution is 2.11. The summed E-state index contributed by atoms with van der Waals surface area (Å²) in [7, 11) is 0. The summed E-state index contributed by atoms with van der Waals surface area (Å²) < 4.78 is 6.42. The summed E-state index contributed by atoms with van der Waals surface area (Å²) in [5.41, 5.74) is 2.06. The van der Waals surface area contributed by atoms with Crippen molar-refractivity contribution in [2.75, 3.05) is 19.8 Å². The number of carbonyl (C=O) groups excluding carboxylic acids is 1. The molecule has 0 aliphatic carbocycles. The van der Waals surface area contributed by atoms with Crippen LogP contribution in [0.3, 0.4) is 0 Å². The lowest BCUT2D eigenvalue weighted by atomic mass is 10.1. The Morgan fingerprint density at radius 3 is 2.79 bits per heavy atom. The molecule has 1 aliphatic heterocycles. The number of Topliss-reactive ketones (excluding diaryl/α,β-unsaturated/α-hetero) is 1. The van der Waals surface area contributed by atoms with Crippen molar-refractivity contribution in [3.05, 3.63) is 46.0 Å². The van der Waals surface area contributed by atoms with Crippen LogP contribution in [-0.2, 0) is 4.74 Å². The lowest BCUT2D eigenvalue weighted by molar-refractivity contribution is 0.0749. The molecule has 0 amide bonds. The monoisotopic (exact) mass is 323 g/mol. The van der Waals surface area contributed by atoms with E-state index < -0.39 is 0 Å². The van der Waals surface area contributed by atoms with Gasteiger partial charge in [0.25, 0.3) is 0 Å².